The van der Waals surface area contributed by atoms with Crippen molar-refractivity contribution in [1.82, 2.24) is 15.0 Å². The van der Waals surface area contributed by atoms with Crippen LogP contribution in [0.4, 0.5) is 14.5 Å². The van der Waals surface area contributed by atoms with Crippen LogP contribution in [0.2, 0.25) is 0 Å². The molecule has 0 amide bonds. The molecular formula is C36H36F2N6O8. The highest BCUT2D eigenvalue weighted by Crippen LogP contribution is 2.32. The number of halogens is 2. The highest BCUT2D eigenvalue weighted by molar-refractivity contribution is 5.63. The van der Waals surface area contributed by atoms with E-state index in [0.29, 0.717) is 40.1 Å². The van der Waals surface area contributed by atoms with Gasteiger partial charge in [0.2, 0.25) is 0 Å². The van der Waals surface area contributed by atoms with E-state index in [1.54, 1.807) is 67.6 Å². The van der Waals surface area contributed by atoms with E-state index in [1.807, 2.05) is 6.07 Å². The van der Waals surface area contributed by atoms with E-state index in [4.69, 9.17) is 49.8 Å². The minimum absolute atomic E-state index is 0.0784. The average molecular weight is 719 g/mol. The minimum atomic E-state index is -0.336. The maximum Gasteiger partial charge on any atom is 0.188 e. The Hall–Kier alpha value is -6.21. The van der Waals surface area contributed by atoms with Gasteiger partial charge in [0.1, 0.15) is 17.3 Å². The summed E-state index contributed by atoms with van der Waals surface area (Å²) in [4.78, 5) is 2.54. The molecule has 5 aromatic rings. The molecule has 0 aliphatic carbocycles. The van der Waals surface area contributed by atoms with Crippen molar-refractivity contribution in [3.63, 3.8) is 0 Å². The molecule has 0 saturated heterocycles. The van der Waals surface area contributed by atoms with Gasteiger partial charge in [-0.1, -0.05) is 16.2 Å². The van der Waals surface area contributed by atoms with Gasteiger partial charge in [0.25, 0.3) is 0 Å². The minimum Gasteiger partial charge on any atom is -0.464 e. The van der Waals surface area contributed by atoms with Gasteiger partial charge in [-0.3, -0.25) is 0 Å². The number of ether oxygens (including phenoxy) is 8. The topological polar surface area (TPSA) is 153 Å². The average Bonchev–Trinajstić information content (AvgIpc) is 3.67. The summed E-state index contributed by atoms with van der Waals surface area (Å²) < 4.78 is 68.0. The lowest BCUT2D eigenvalue weighted by molar-refractivity contribution is 0.0322. The second kappa shape index (κ2) is 22.5. The fourth-order valence-corrected chi connectivity index (χ4v) is 3.89. The number of terminal acetylenes is 1. The van der Waals surface area contributed by atoms with Gasteiger partial charge < -0.3 is 37.9 Å². The first kappa shape index (κ1) is 40.2. The quantitative estimate of drug-likeness (QED) is 0.0351. The fourth-order valence-electron chi connectivity index (χ4n) is 3.89. The third-order valence-electron chi connectivity index (χ3n) is 6.25. The lowest BCUT2D eigenvalue weighted by Gasteiger charge is -2.12. The third-order valence-corrected chi connectivity index (χ3v) is 6.25. The van der Waals surface area contributed by atoms with Crippen molar-refractivity contribution in [1.29, 1.82) is 0 Å². The molecule has 0 saturated carbocycles. The van der Waals surface area contributed by atoms with Crippen LogP contribution in [0.5, 0.6) is 23.0 Å². The van der Waals surface area contributed by atoms with E-state index in [-0.39, 0.29) is 38.8 Å². The van der Waals surface area contributed by atoms with Gasteiger partial charge in [0.15, 0.2) is 50.2 Å². The van der Waals surface area contributed by atoms with Gasteiger partial charge in [0.05, 0.1) is 11.9 Å². The maximum atomic E-state index is 13.1. The lowest BCUT2D eigenvalue weighted by atomic mass is 10.1. The number of azide groups is 1. The Labute approximate surface area is 298 Å². The summed E-state index contributed by atoms with van der Waals surface area (Å²) in [6, 6.07) is 21.9. The van der Waals surface area contributed by atoms with Crippen LogP contribution in [-0.4, -0.2) is 70.6 Å². The molecular weight excluding hydrogens is 682 g/mol. The molecule has 1 heterocycles. The largest absolute Gasteiger partial charge is 0.464 e. The molecule has 0 atom stereocenters. The summed E-state index contributed by atoms with van der Waals surface area (Å²) in [6.07, 6.45) is 7.04. The lowest BCUT2D eigenvalue weighted by Crippen LogP contribution is -2.04. The van der Waals surface area contributed by atoms with Crippen molar-refractivity contribution < 1.29 is 46.7 Å². The van der Waals surface area contributed by atoms with Crippen LogP contribution in [-0.2, 0) is 18.9 Å². The first-order valence-electron chi connectivity index (χ1n) is 15.1. The summed E-state index contributed by atoms with van der Waals surface area (Å²) in [6.45, 7) is 0.467. The predicted octanol–water partition coefficient (Wildman–Crippen LogP) is 7.44. The van der Waals surface area contributed by atoms with E-state index in [2.05, 4.69) is 26.3 Å². The monoisotopic (exact) mass is 718 g/mol. The molecule has 14 nitrogen and oxygen atoms in total. The van der Waals surface area contributed by atoms with Crippen LogP contribution in [0.3, 0.4) is 0 Å². The Morgan fingerprint density at radius 1 is 0.692 bits per heavy atom. The zero-order valence-electron chi connectivity index (χ0n) is 28.8. The van der Waals surface area contributed by atoms with E-state index in [0.717, 1.165) is 11.1 Å². The fraction of sp³-hybridized carbons (Fsp3) is 0.222. The number of hydrogen-bond donors (Lipinski definition) is 0. The van der Waals surface area contributed by atoms with E-state index in [1.165, 1.54) is 50.6 Å². The van der Waals surface area contributed by atoms with Crippen LogP contribution >= 0.6 is 0 Å². The molecule has 0 unspecified atom stereocenters. The summed E-state index contributed by atoms with van der Waals surface area (Å²) in [5, 5.41) is 11.5. The molecule has 5 rings (SSSR count). The van der Waals surface area contributed by atoms with Gasteiger partial charge in [-0.2, -0.15) is 0 Å². The van der Waals surface area contributed by atoms with Gasteiger partial charge in [-0.05, 0) is 90.5 Å². The number of aromatic nitrogens is 3. The summed E-state index contributed by atoms with van der Waals surface area (Å²) in [5.74, 6) is 4.01. The van der Waals surface area contributed by atoms with Gasteiger partial charge in [-0.25, -0.2) is 13.5 Å². The molecule has 4 aromatic carbocycles. The summed E-state index contributed by atoms with van der Waals surface area (Å²) >= 11 is 0. The van der Waals surface area contributed by atoms with E-state index >= 15 is 0 Å². The zero-order valence-corrected chi connectivity index (χ0v) is 28.8. The number of rotatable bonds is 15. The van der Waals surface area contributed by atoms with Crippen molar-refractivity contribution in [3.05, 3.63) is 119 Å². The third kappa shape index (κ3) is 13.2. The second-order valence-corrected chi connectivity index (χ2v) is 9.86. The van der Waals surface area contributed by atoms with Crippen molar-refractivity contribution in [2.24, 2.45) is 5.11 Å². The van der Waals surface area contributed by atoms with Gasteiger partial charge in [0, 0.05) is 50.2 Å². The van der Waals surface area contributed by atoms with Crippen LogP contribution in [0, 0.1) is 24.0 Å². The normalized spacial score (nSPS) is 9.94. The Balaban J connectivity index is 0.000000238. The Morgan fingerprint density at radius 3 is 1.71 bits per heavy atom. The second-order valence-electron chi connectivity index (χ2n) is 9.86. The summed E-state index contributed by atoms with van der Waals surface area (Å²) in [7, 11) is 6.16. The highest BCUT2D eigenvalue weighted by Gasteiger charge is 2.12. The van der Waals surface area contributed by atoms with Crippen LogP contribution < -0.4 is 18.9 Å². The van der Waals surface area contributed by atoms with Crippen LogP contribution in [0.1, 0.15) is 5.56 Å². The number of benzene rings is 4. The van der Waals surface area contributed by atoms with E-state index in [9.17, 15) is 8.78 Å². The van der Waals surface area contributed by atoms with Crippen molar-refractivity contribution in [2.45, 2.75) is 0 Å². The molecule has 16 heteroatoms. The van der Waals surface area contributed by atoms with Crippen molar-refractivity contribution in [2.75, 3.05) is 55.6 Å². The van der Waals surface area contributed by atoms with Crippen molar-refractivity contribution >= 4 is 5.69 Å². The standard InChI is InChI=1S/C18H18FN3O4.C12H14O4.C6H4FN3/c1-23-11-25-17-8-3-13(9-18(17)26-12-24-2)16-10-22(21-20-16)15-6-4-14(19)5-7-15;1-4-10-5-6-11(15-8-13-2)12(7-10)16-9-14-3;7-5-1-3-6(4-2-5)9-10-8/h3-10H,11-12H2,1-2H3;1,5-7H,8-9H2,2-3H3;1-4H. The number of methoxy groups -OCH3 is 4. The molecule has 0 aliphatic rings. The molecule has 1 aromatic heterocycles. The first-order valence-corrected chi connectivity index (χ1v) is 15.1. The first-order chi connectivity index (χ1) is 25.3. The Morgan fingerprint density at radius 2 is 1.19 bits per heavy atom. The highest BCUT2D eigenvalue weighted by atomic mass is 19.1. The van der Waals surface area contributed by atoms with Crippen LogP contribution in [0.15, 0.2) is 96.2 Å². The van der Waals surface area contributed by atoms with Crippen LogP contribution in [0.25, 0.3) is 27.4 Å². The number of hydrogen-bond acceptors (Lipinski definition) is 11. The van der Waals surface area contributed by atoms with E-state index < -0.39 is 0 Å². The molecule has 0 spiro atoms. The molecule has 0 N–H and O–H groups in total. The molecule has 0 radical (unpaired) electrons. The van der Waals surface area contributed by atoms with Crippen molar-refractivity contribution in [3.8, 4) is 52.3 Å². The molecule has 0 fully saturated rings. The molecule has 0 bridgehead atoms. The number of nitrogens with zero attached hydrogens (tertiary/aromatic N) is 6. The molecule has 0 aliphatic heterocycles. The van der Waals surface area contributed by atoms with Gasteiger partial charge in [-0.15, -0.1) is 11.5 Å². The van der Waals surface area contributed by atoms with Gasteiger partial charge >= 0.3 is 0 Å². The summed E-state index contributed by atoms with van der Waals surface area (Å²) in [5.41, 5.74) is 11.2. The zero-order chi connectivity index (χ0) is 37.6. The maximum absolute atomic E-state index is 13.1. The SMILES string of the molecule is C#Cc1ccc(OCOC)c(OCOC)c1.COCOc1ccc(-c2cn(-c3ccc(F)cc3)nn2)cc1OCOC.[N-]=[N+]=Nc1ccc(F)cc1. The predicted molar refractivity (Wildman–Crippen MR) is 186 cm³/mol. The Kier molecular flexibility index (Phi) is 17.4. The molecule has 272 valence electrons. The molecule has 52 heavy (non-hydrogen) atoms. The Bertz CT molecular complexity index is 1900. The smallest absolute Gasteiger partial charge is 0.188 e.